The Morgan fingerprint density at radius 1 is 1.38 bits per heavy atom. The molecule has 0 bridgehead atoms. The summed E-state index contributed by atoms with van der Waals surface area (Å²) in [5, 5.41) is 9.10. The maximum Gasteiger partial charge on any atom is 0.225 e. The molecule has 88 valence electrons. The van der Waals surface area contributed by atoms with Crippen molar-refractivity contribution in [3.63, 3.8) is 0 Å². The van der Waals surface area contributed by atoms with Gasteiger partial charge >= 0.3 is 0 Å². The molecule has 0 aliphatic carbocycles. The van der Waals surface area contributed by atoms with E-state index in [4.69, 9.17) is 9.84 Å². The van der Waals surface area contributed by atoms with Gasteiger partial charge in [0.05, 0.1) is 13.2 Å². The van der Waals surface area contributed by atoms with Crippen LogP contribution in [0.15, 0.2) is 23.0 Å². The fourth-order valence-electron chi connectivity index (χ4n) is 1.44. The zero-order chi connectivity index (χ0) is 12.1. The molecule has 0 heterocycles. The Morgan fingerprint density at radius 2 is 2.06 bits per heavy atom. The molecule has 0 radical (unpaired) electrons. The minimum absolute atomic E-state index is 0.226. The summed E-state index contributed by atoms with van der Waals surface area (Å²) >= 11 is 0. The molecule has 0 aliphatic heterocycles. The van der Waals surface area contributed by atoms with Crippen LogP contribution in [0.1, 0.15) is 37.8 Å². The first kappa shape index (κ1) is 12.7. The Morgan fingerprint density at radius 3 is 2.56 bits per heavy atom. The molecular formula is C13H18O3. The van der Waals surface area contributed by atoms with E-state index in [1.165, 1.54) is 0 Å². The summed E-state index contributed by atoms with van der Waals surface area (Å²) in [6.45, 7) is 6.12. The SMILES string of the molecule is CCOc1cc(C(C)C)ccc(CO)c1=O. The van der Waals surface area contributed by atoms with Crippen LogP contribution in [0.25, 0.3) is 0 Å². The van der Waals surface area contributed by atoms with Gasteiger partial charge in [0.2, 0.25) is 5.43 Å². The van der Waals surface area contributed by atoms with Gasteiger partial charge in [-0.05, 0) is 24.5 Å². The van der Waals surface area contributed by atoms with Crippen molar-refractivity contribution in [2.24, 2.45) is 0 Å². The van der Waals surface area contributed by atoms with Crippen LogP contribution in [-0.2, 0) is 6.61 Å². The van der Waals surface area contributed by atoms with Gasteiger partial charge in [-0.15, -0.1) is 0 Å². The lowest BCUT2D eigenvalue weighted by Crippen LogP contribution is -2.10. The Labute approximate surface area is 95.7 Å². The molecule has 1 aromatic rings. The maximum atomic E-state index is 11.9. The maximum absolute atomic E-state index is 11.9. The van der Waals surface area contributed by atoms with E-state index in [2.05, 4.69) is 0 Å². The number of hydrogen-bond acceptors (Lipinski definition) is 3. The van der Waals surface area contributed by atoms with E-state index in [0.29, 0.717) is 23.8 Å². The van der Waals surface area contributed by atoms with Crippen molar-refractivity contribution in [2.45, 2.75) is 33.3 Å². The van der Waals surface area contributed by atoms with Gasteiger partial charge in [0, 0.05) is 5.56 Å². The van der Waals surface area contributed by atoms with Crippen molar-refractivity contribution in [2.75, 3.05) is 6.61 Å². The molecule has 3 nitrogen and oxygen atoms in total. The van der Waals surface area contributed by atoms with Crippen LogP contribution in [0, 0.1) is 0 Å². The van der Waals surface area contributed by atoms with E-state index in [9.17, 15) is 4.79 Å². The van der Waals surface area contributed by atoms with Gasteiger partial charge in [-0.3, -0.25) is 4.79 Å². The monoisotopic (exact) mass is 222 g/mol. The molecule has 0 spiro atoms. The number of hydrogen-bond donors (Lipinski definition) is 1. The second-order valence-electron chi connectivity index (χ2n) is 3.94. The molecule has 16 heavy (non-hydrogen) atoms. The first-order chi connectivity index (χ1) is 7.60. The van der Waals surface area contributed by atoms with E-state index in [-0.39, 0.29) is 12.0 Å². The Bertz CT molecular complexity index is 410. The summed E-state index contributed by atoms with van der Waals surface area (Å²) in [5.74, 6) is 0.637. The van der Waals surface area contributed by atoms with Crippen LogP contribution in [0.2, 0.25) is 0 Å². The van der Waals surface area contributed by atoms with Crippen molar-refractivity contribution >= 4 is 0 Å². The Balaban J connectivity index is 3.39. The standard InChI is InChI=1S/C13H18O3/c1-4-16-12-7-10(9(2)3)5-6-11(8-14)13(12)15/h5-7,9,14H,4,8H2,1-3H3. The summed E-state index contributed by atoms with van der Waals surface area (Å²) in [5.41, 5.74) is 1.17. The zero-order valence-corrected chi connectivity index (χ0v) is 9.99. The van der Waals surface area contributed by atoms with E-state index in [0.717, 1.165) is 5.56 Å². The number of ether oxygens (including phenoxy) is 1. The highest BCUT2D eigenvalue weighted by molar-refractivity contribution is 5.33. The lowest BCUT2D eigenvalue weighted by Gasteiger charge is -2.03. The second kappa shape index (κ2) is 5.66. The molecule has 1 aromatic carbocycles. The zero-order valence-electron chi connectivity index (χ0n) is 9.99. The van der Waals surface area contributed by atoms with Gasteiger partial charge < -0.3 is 9.84 Å². The number of rotatable bonds is 4. The van der Waals surface area contributed by atoms with Gasteiger partial charge in [0.15, 0.2) is 5.75 Å². The van der Waals surface area contributed by atoms with E-state index in [1.54, 1.807) is 12.1 Å². The minimum Gasteiger partial charge on any atom is -0.490 e. The van der Waals surface area contributed by atoms with Crippen LogP contribution in [-0.4, -0.2) is 11.7 Å². The molecule has 0 aromatic heterocycles. The first-order valence-corrected chi connectivity index (χ1v) is 5.51. The van der Waals surface area contributed by atoms with Gasteiger partial charge in [0.25, 0.3) is 0 Å². The van der Waals surface area contributed by atoms with E-state index >= 15 is 0 Å². The third kappa shape index (κ3) is 2.83. The van der Waals surface area contributed by atoms with Crippen LogP contribution >= 0.6 is 0 Å². The van der Waals surface area contributed by atoms with Gasteiger partial charge in [-0.2, -0.15) is 0 Å². The first-order valence-electron chi connectivity index (χ1n) is 5.51. The van der Waals surface area contributed by atoms with Crippen LogP contribution in [0.4, 0.5) is 0 Å². The molecule has 0 unspecified atom stereocenters. The highest BCUT2D eigenvalue weighted by Crippen LogP contribution is 2.17. The third-order valence-electron chi connectivity index (χ3n) is 2.43. The quantitative estimate of drug-likeness (QED) is 0.848. The minimum atomic E-state index is -0.259. The summed E-state index contributed by atoms with van der Waals surface area (Å²) in [7, 11) is 0. The fraction of sp³-hybridized carbons (Fsp3) is 0.462. The van der Waals surface area contributed by atoms with Gasteiger partial charge in [0.1, 0.15) is 0 Å². The molecule has 0 saturated heterocycles. The smallest absolute Gasteiger partial charge is 0.225 e. The largest absolute Gasteiger partial charge is 0.490 e. The molecule has 0 saturated carbocycles. The average Bonchev–Trinajstić information content (AvgIpc) is 2.40. The van der Waals surface area contributed by atoms with Crippen LogP contribution < -0.4 is 10.2 Å². The number of aliphatic hydroxyl groups is 1. The Hall–Kier alpha value is -1.35. The second-order valence-corrected chi connectivity index (χ2v) is 3.94. The highest BCUT2D eigenvalue weighted by Gasteiger charge is 2.07. The fourth-order valence-corrected chi connectivity index (χ4v) is 1.44. The average molecular weight is 222 g/mol. The molecule has 0 amide bonds. The van der Waals surface area contributed by atoms with E-state index in [1.807, 2.05) is 26.8 Å². The molecule has 1 rings (SSSR count). The van der Waals surface area contributed by atoms with Crippen molar-refractivity contribution in [1.29, 1.82) is 0 Å². The molecule has 3 heteroatoms. The Kier molecular flexibility index (Phi) is 4.50. The molecule has 1 N–H and O–H groups in total. The summed E-state index contributed by atoms with van der Waals surface area (Å²) in [6.07, 6.45) is 0. The van der Waals surface area contributed by atoms with Crippen molar-refractivity contribution < 1.29 is 9.84 Å². The molecule has 0 fully saturated rings. The normalized spacial score (nSPS) is 10.6. The lowest BCUT2D eigenvalue weighted by molar-refractivity contribution is 0.279. The van der Waals surface area contributed by atoms with E-state index < -0.39 is 0 Å². The van der Waals surface area contributed by atoms with Gasteiger partial charge in [-0.1, -0.05) is 26.0 Å². The van der Waals surface area contributed by atoms with Crippen molar-refractivity contribution in [1.82, 2.24) is 0 Å². The lowest BCUT2D eigenvalue weighted by atomic mass is 10.1. The topological polar surface area (TPSA) is 46.5 Å². The summed E-state index contributed by atoms with van der Waals surface area (Å²) < 4.78 is 5.31. The van der Waals surface area contributed by atoms with Crippen LogP contribution in [0.3, 0.4) is 0 Å². The predicted octanol–water partition coefficient (Wildman–Crippen LogP) is 2.06. The van der Waals surface area contributed by atoms with Crippen molar-refractivity contribution in [3.05, 3.63) is 39.5 Å². The molecular weight excluding hydrogens is 204 g/mol. The van der Waals surface area contributed by atoms with Crippen molar-refractivity contribution in [3.8, 4) is 5.75 Å². The third-order valence-corrected chi connectivity index (χ3v) is 2.43. The number of aliphatic hydroxyl groups excluding tert-OH is 1. The molecule has 0 aliphatic rings. The summed E-state index contributed by atoms with van der Waals surface area (Å²) in [4.78, 5) is 11.9. The van der Waals surface area contributed by atoms with Gasteiger partial charge in [-0.25, -0.2) is 0 Å². The van der Waals surface area contributed by atoms with Crippen LogP contribution in [0.5, 0.6) is 5.75 Å². The summed E-state index contributed by atoms with van der Waals surface area (Å²) in [6, 6.07) is 5.29. The highest BCUT2D eigenvalue weighted by atomic mass is 16.5. The molecule has 0 atom stereocenters. The predicted molar refractivity (Wildman–Crippen MR) is 63.9 cm³/mol.